The zero-order chi connectivity index (χ0) is 15.9. The Balaban J connectivity index is 1.65. The van der Waals surface area contributed by atoms with E-state index in [1.165, 1.54) is 11.3 Å². The molecule has 0 spiro atoms. The molecule has 1 aliphatic rings. The van der Waals surface area contributed by atoms with Gasteiger partial charge in [-0.05, 0) is 24.6 Å². The first-order valence-corrected chi connectivity index (χ1v) is 8.01. The van der Waals surface area contributed by atoms with E-state index >= 15 is 0 Å². The third kappa shape index (κ3) is 3.01. The summed E-state index contributed by atoms with van der Waals surface area (Å²) in [6, 6.07) is 3.74. The Morgan fingerprint density at radius 2 is 2.27 bits per heavy atom. The lowest BCUT2D eigenvalue weighted by atomic mass is 10.0. The molecule has 1 saturated heterocycles. The number of nitrogens with zero attached hydrogens (tertiary/aromatic N) is 2. The third-order valence-electron chi connectivity index (χ3n) is 3.59. The van der Waals surface area contributed by atoms with Gasteiger partial charge in [-0.15, -0.1) is 0 Å². The lowest BCUT2D eigenvalue weighted by Crippen LogP contribution is -2.54. The number of hydrogen-bond donors (Lipinski definition) is 1. The number of alkyl halides is 2. The second-order valence-electron chi connectivity index (χ2n) is 5.30. The van der Waals surface area contributed by atoms with Crippen molar-refractivity contribution in [2.45, 2.75) is 13.3 Å². The molecule has 1 N–H and O–H groups in total. The van der Waals surface area contributed by atoms with Crippen LogP contribution in [0.15, 0.2) is 12.1 Å². The van der Waals surface area contributed by atoms with Crippen molar-refractivity contribution in [1.82, 2.24) is 10.3 Å². The number of anilines is 1. The molecule has 2 aromatic rings. The Morgan fingerprint density at radius 3 is 2.95 bits per heavy atom. The van der Waals surface area contributed by atoms with Crippen molar-refractivity contribution in [3.8, 4) is 0 Å². The molecule has 4 nitrogen and oxygen atoms in total. The number of aromatic nitrogens is 1. The number of amides is 1. The summed E-state index contributed by atoms with van der Waals surface area (Å²) in [6.07, 6.45) is -2.52. The molecule has 3 rings (SSSR count). The smallest absolute Gasteiger partial charge is 0.255 e. The normalized spacial score (nSPS) is 15.4. The lowest BCUT2D eigenvalue weighted by molar-refractivity contribution is -0.126. The number of halogens is 3. The number of carbonyl (C=O) groups excluding carboxylic acids is 1. The van der Waals surface area contributed by atoms with Crippen LogP contribution in [0.3, 0.4) is 0 Å². The number of carbonyl (C=O) groups is 1. The van der Waals surface area contributed by atoms with Crippen molar-refractivity contribution in [3.05, 3.63) is 22.7 Å². The summed E-state index contributed by atoms with van der Waals surface area (Å²) in [4.78, 5) is 18.2. The number of fused-ring (bicyclic) bond motifs is 1. The molecule has 0 radical (unpaired) electrons. The van der Waals surface area contributed by atoms with Crippen molar-refractivity contribution in [3.63, 3.8) is 0 Å². The molecular weight excluding hydrogens is 332 g/mol. The highest BCUT2D eigenvalue weighted by molar-refractivity contribution is 7.22. The average molecular weight is 346 g/mol. The lowest BCUT2D eigenvalue weighted by Gasteiger charge is -2.37. The number of nitrogens with one attached hydrogen (secondary N) is 1. The number of benzene rings is 1. The van der Waals surface area contributed by atoms with Crippen LogP contribution in [0.25, 0.3) is 10.2 Å². The highest BCUT2D eigenvalue weighted by atomic mass is 35.5. The van der Waals surface area contributed by atoms with Gasteiger partial charge in [0.1, 0.15) is 0 Å². The maximum atomic E-state index is 12.1. The monoisotopic (exact) mass is 345 g/mol. The van der Waals surface area contributed by atoms with Crippen molar-refractivity contribution >= 4 is 44.2 Å². The highest BCUT2D eigenvalue weighted by Gasteiger charge is 2.34. The SMILES string of the molecule is Cc1cc(Cl)cc2sc(N3CC(C(=O)NCC(F)F)C3)nc12. The van der Waals surface area contributed by atoms with E-state index in [2.05, 4.69) is 10.3 Å². The first-order chi connectivity index (χ1) is 10.4. The molecule has 118 valence electrons. The van der Waals surface area contributed by atoms with E-state index in [4.69, 9.17) is 11.6 Å². The van der Waals surface area contributed by atoms with Crippen LogP contribution in [0.2, 0.25) is 5.02 Å². The molecule has 0 saturated carbocycles. The van der Waals surface area contributed by atoms with Crippen LogP contribution < -0.4 is 10.2 Å². The summed E-state index contributed by atoms with van der Waals surface area (Å²) in [5.74, 6) is -0.577. The molecule has 0 atom stereocenters. The average Bonchev–Trinajstić information content (AvgIpc) is 2.78. The van der Waals surface area contributed by atoms with Gasteiger partial charge in [-0.2, -0.15) is 0 Å². The van der Waals surface area contributed by atoms with E-state index in [9.17, 15) is 13.6 Å². The molecule has 0 unspecified atom stereocenters. The van der Waals surface area contributed by atoms with Gasteiger partial charge in [0.25, 0.3) is 6.43 Å². The Bertz CT molecular complexity index is 715. The van der Waals surface area contributed by atoms with Crippen LogP contribution in [-0.2, 0) is 4.79 Å². The number of aryl methyl sites for hydroxylation is 1. The Morgan fingerprint density at radius 1 is 1.55 bits per heavy atom. The molecule has 1 aliphatic heterocycles. The standard InChI is InChI=1S/C14H14ClF2N3OS/c1-7-2-9(15)3-10-12(7)19-14(22-10)20-5-8(6-20)13(21)18-4-11(16)17/h2-3,8,11H,4-6H2,1H3,(H,18,21). The van der Waals surface area contributed by atoms with Crippen LogP contribution in [0.4, 0.5) is 13.9 Å². The fourth-order valence-electron chi connectivity index (χ4n) is 2.40. The van der Waals surface area contributed by atoms with Gasteiger partial charge in [-0.25, -0.2) is 13.8 Å². The molecule has 1 aromatic heterocycles. The first-order valence-electron chi connectivity index (χ1n) is 6.81. The van der Waals surface area contributed by atoms with Crippen LogP contribution in [0.1, 0.15) is 5.56 Å². The maximum Gasteiger partial charge on any atom is 0.255 e. The predicted octanol–water partition coefficient (Wildman–Crippen LogP) is 3.08. The summed E-state index contributed by atoms with van der Waals surface area (Å²) in [5.41, 5.74) is 1.92. The van der Waals surface area contributed by atoms with Gasteiger partial charge in [0, 0.05) is 18.1 Å². The molecule has 0 aliphatic carbocycles. The summed E-state index contributed by atoms with van der Waals surface area (Å²) in [6.45, 7) is 2.37. The maximum absolute atomic E-state index is 12.1. The molecular formula is C14H14ClF2N3OS. The first kappa shape index (κ1) is 15.4. The second kappa shape index (κ2) is 5.96. The molecule has 22 heavy (non-hydrogen) atoms. The fraction of sp³-hybridized carbons (Fsp3) is 0.429. The van der Waals surface area contributed by atoms with Crippen molar-refractivity contribution < 1.29 is 13.6 Å². The van der Waals surface area contributed by atoms with E-state index in [-0.39, 0.29) is 11.8 Å². The predicted molar refractivity (Wildman–Crippen MR) is 84.1 cm³/mol. The highest BCUT2D eigenvalue weighted by Crippen LogP contribution is 2.35. The Kier molecular flexibility index (Phi) is 4.18. The number of hydrogen-bond acceptors (Lipinski definition) is 4. The number of thiazole rings is 1. The van der Waals surface area contributed by atoms with E-state index in [1.807, 2.05) is 24.0 Å². The van der Waals surface area contributed by atoms with Gasteiger partial charge in [0.05, 0.1) is 22.7 Å². The van der Waals surface area contributed by atoms with Crippen molar-refractivity contribution in [1.29, 1.82) is 0 Å². The molecule has 1 amide bonds. The molecule has 2 heterocycles. The van der Waals surface area contributed by atoms with Crippen molar-refractivity contribution in [2.24, 2.45) is 5.92 Å². The quantitative estimate of drug-likeness (QED) is 0.926. The largest absolute Gasteiger partial charge is 0.350 e. The van der Waals surface area contributed by atoms with E-state index in [0.717, 1.165) is 20.9 Å². The minimum atomic E-state index is -2.52. The molecule has 1 fully saturated rings. The van der Waals surface area contributed by atoms with Crippen LogP contribution in [0.5, 0.6) is 0 Å². The van der Waals surface area contributed by atoms with E-state index in [0.29, 0.717) is 18.1 Å². The van der Waals surface area contributed by atoms with Gasteiger partial charge in [0.15, 0.2) is 5.13 Å². The van der Waals surface area contributed by atoms with E-state index in [1.54, 1.807) is 0 Å². The summed E-state index contributed by atoms with van der Waals surface area (Å²) in [7, 11) is 0. The van der Waals surface area contributed by atoms with Gasteiger partial charge >= 0.3 is 0 Å². The van der Waals surface area contributed by atoms with Crippen LogP contribution in [-0.4, -0.2) is 37.0 Å². The van der Waals surface area contributed by atoms with Crippen LogP contribution >= 0.6 is 22.9 Å². The zero-order valence-corrected chi connectivity index (χ0v) is 13.3. The topological polar surface area (TPSA) is 45.2 Å². The molecule has 8 heteroatoms. The van der Waals surface area contributed by atoms with Gasteiger partial charge < -0.3 is 10.2 Å². The minimum absolute atomic E-state index is 0.254. The van der Waals surface area contributed by atoms with Gasteiger partial charge in [-0.1, -0.05) is 22.9 Å². The summed E-state index contributed by atoms with van der Waals surface area (Å²) >= 11 is 7.56. The molecule has 0 bridgehead atoms. The summed E-state index contributed by atoms with van der Waals surface area (Å²) in [5, 5.41) is 3.76. The third-order valence-corrected chi connectivity index (χ3v) is 4.87. The fourth-order valence-corrected chi connectivity index (χ4v) is 3.84. The zero-order valence-electron chi connectivity index (χ0n) is 11.8. The van der Waals surface area contributed by atoms with Gasteiger partial charge in [-0.3, -0.25) is 4.79 Å². The minimum Gasteiger partial charge on any atom is -0.350 e. The van der Waals surface area contributed by atoms with E-state index < -0.39 is 13.0 Å². The Labute approximate surface area is 135 Å². The number of rotatable bonds is 4. The summed E-state index contributed by atoms with van der Waals surface area (Å²) < 4.78 is 25.1. The van der Waals surface area contributed by atoms with Crippen LogP contribution in [0, 0.1) is 12.8 Å². The Hall–Kier alpha value is -1.47. The van der Waals surface area contributed by atoms with Gasteiger partial charge in [0.2, 0.25) is 5.91 Å². The molecule has 1 aromatic carbocycles. The second-order valence-corrected chi connectivity index (χ2v) is 6.75. The van der Waals surface area contributed by atoms with Crippen molar-refractivity contribution in [2.75, 3.05) is 24.5 Å².